The minimum absolute atomic E-state index is 0.589. The molecule has 1 N–H and O–H groups in total. The third kappa shape index (κ3) is 2.76. The van der Waals surface area contributed by atoms with Crippen LogP contribution in [0.2, 0.25) is 0 Å². The van der Waals surface area contributed by atoms with Gasteiger partial charge in [-0.2, -0.15) is 5.26 Å². The number of fused-ring (bicyclic) bond motifs is 1. The maximum Gasteiger partial charge on any atom is 0.136 e. The maximum absolute atomic E-state index is 9.09. The van der Waals surface area contributed by atoms with Gasteiger partial charge in [0.2, 0.25) is 0 Å². The van der Waals surface area contributed by atoms with Crippen LogP contribution in [0.15, 0.2) is 42.5 Å². The molecule has 1 unspecified atom stereocenters. The van der Waals surface area contributed by atoms with Crippen molar-refractivity contribution in [3.05, 3.63) is 64.7 Å². The van der Waals surface area contributed by atoms with Crippen molar-refractivity contribution in [1.29, 1.82) is 5.26 Å². The summed E-state index contributed by atoms with van der Waals surface area (Å²) in [4.78, 5) is 0. The predicted octanol–water partition coefficient (Wildman–Crippen LogP) is 3.00. The van der Waals surface area contributed by atoms with Crippen molar-refractivity contribution in [1.82, 2.24) is 5.32 Å². The first kappa shape index (κ1) is 13.7. The Morgan fingerprint density at radius 3 is 2.90 bits per heavy atom. The fourth-order valence-corrected chi connectivity index (χ4v) is 2.89. The van der Waals surface area contributed by atoms with Crippen LogP contribution in [0, 0.1) is 11.3 Å². The molecule has 1 atom stereocenters. The van der Waals surface area contributed by atoms with Crippen LogP contribution < -0.4 is 10.1 Å². The second-order valence-electron chi connectivity index (χ2n) is 5.38. The van der Waals surface area contributed by atoms with Crippen LogP contribution in [0.5, 0.6) is 5.75 Å². The van der Waals surface area contributed by atoms with Crippen molar-refractivity contribution in [3.8, 4) is 11.8 Å². The van der Waals surface area contributed by atoms with Crippen molar-refractivity contribution in [2.45, 2.75) is 18.9 Å². The summed E-state index contributed by atoms with van der Waals surface area (Å²) in [5.41, 5.74) is 4.64. The molecule has 0 fully saturated rings. The minimum Gasteiger partial charge on any atom is -0.495 e. The molecule has 0 bridgehead atoms. The number of ether oxygens (including phenoxy) is 1. The fourth-order valence-electron chi connectivity index (χ4n) is 2.89. The first-order chi connectivity index (χ1) is 10.3. The molecule has 1 aliphatic carbocycles. The zero-order chi connectivity index (χ0) is 14.7. The molecule has 2 aromatic rings. The quantitative estimate of drug-likeness (QED) is 0.914. The van der Waals surface area contributed by atoms with Crippen LogP contribution in [-0.4, -0.2) is 13.7 Å². The van der Waals surface area contributed by atoms with E-state index in [0.29, 0.717) is 17.2 Å². The van der Waals surface area contributed by atoms with Crippen molar-refractivity contribution in [2.24, 2.45) is 0 Å². The van der Waals surface area contributed by atoms with Gasteiger partial charge in [-0.1, -0.05) is 30.3 Å². The Hall–Kier alpha value is -2.31. The monoisotopic (exact) mass is 278 g/mol. The van der Waals surface area contributed by atoms with Gasteiger partial charge in [0.25, 0.3) is 0 Å². The van der Waals surface area contributed by atoms with Crippen molar-refractivity contribution >= 4 is 0 Å². The average molecular weight is 278 g/mol. The van der Waals surface area contributed by atoms with Gasteiger partial charge in [0.15, 0.2) is 0 Å². The van der Waals surface area contributed by atoms with Gasteiger partial charge in [-0.3, -0.25) is 0 Å². The maximum atomic E-state index is 9.09. The highest BCUT2D eigenvalue weighted by molar-refractivity contribution is 5.45. The zero-order valence-electron chi connectivity index (χ0n) is 12.1. The lowest BCUT2D eigenvalue weighted by molar-refractivity contribution is 0.413. The Balaban J connectivity index is 1.56. The summed E-state index contributed by atoms with van der Waals surface area (Å²) >= 11 is 0. The molecule has 0 amide bonds. The molecule has 21 heavy (non-hydrogen) atoms. The lowest BCUT2D eigenvalue weighted by Crippen LogP contribution is -2.28. The number of nitriles is 1. The van der Waals surface area contributed by atoms with Crippen LogP contribution in [0.4, 0.5) is 0 Å². The molecule has 0 aliphatic heterocycles. The van der Waals surface area contributed by atoms with Gasteiger partial charge in [0.05, 0.1) is 12.7 Å². The van der Waals surface area contributed by atoms with Crippen LogP contribution >= 0.6 is 0 Å². The predicted molar refractivity (Wildman–Crippen MR) is 82.3 cm³/mol. The fraction of sp³-hybridized carbons (Fsp3) is 0.278. The highest BCUT2D eigenvalue weighted by Gasteiger charge is 2.24. The Labute approximate surface area is 125 Å². The number of nitrogens with zero attached hydrogens (tertiary/aromatic N) is 1. The molecule has 0 radical (unpaired) electrons. The summed E-state index contributed by atoms with van der Waals surface area (Å²) in [6, 6.07) is 16.5. The van der Waals surface area contributed by atoms with E-state index in [2.05, 4.69) is 35.7 Å². The van der Waals surface area contributed by atoms with Gasteiger partial charge >= 0.3 is 0 Å². The van der Waals surface area contributed by atoms with Gasteiger partial charge in [0, 0.05) is 19.0 Å². The zero-order valence-corrected chi connectivity index (χ0v) is 12.1. The Bertz CT molecular complexity index is 688. The molecular formula is C18H18N2O. The first-order valence-corrected chi connectivity index (χ1v) is 7.17. The van der Waals surface area contributed by atoms with Crippen LogP contribution in [-0.2, 0) is 13.0 Å². The van der Waals surface area contributed by atoms with Crippen LogP contribution in [0.3, 0.4) is 0 Å². The molecule has 0 saturated carbocycles. The van der Waals surface area contributed by atoms with E-state index >= 15 is 0 Å². The van der Waals surface area contributed by atoms with Crippen molar-refractivity contribution in [3.63, 3.8) is 0 Å². The summed E-state index contributed by atoms with van der Waals surface area (Å²) in [7, 11) is 1.59. The summed E-state index contributed by atoms with van der Waals surface area (Å²) < 4.78 is 5.16. The molecule has 106 valence electrons. The summed E-state index contributed by atoms with van der Waals surface area (Å²) in [6.45, 7) is 1.75. The highest BCUT2D eigenvalue weighted by Crippen LogP contribution is 2.34. The summed E-state index contributed by atoms with van der Waals surface area (Å²) in [5.74, 6) is 1.25. The topological polar surface area (TPSA) is 45.0 Å². The molecule has 1 aliphatic rings. The first-order valence-electron chi connectivity index (χ1n) is 7.17. The second-order valence-corrected chi connectivity index (χ2v) is 5.38. The van der Waals surface area contributed by atoms with Gasteiger partial charge < -0.3 is 10.1 Å². The normalized spacial score (nSPS) is 15.7. The summed E-state index contributed by atoms with van der Waals surface area (Å²) in [5, 5.41) is 12.6. The average Bonchev–Trinajstić information content (AvgIpc) is 2.51. The van der Waals surface area contributed by atoms with Crippen molar-refractivity contribution < 1.29 is 4.74 Å². The third-order valence-corrected chi connectivity index (χ3v) is 4.07. The van der Waals surface area contributed by atoms with Crippen LogP contribution in [0.25, 0.3) is 0 Å². The molecule has 0 heterocycles. The minimum atomic E-state index is 0.589. The molecule has 0 aromatic heterocycles. The smallest absolute Gasteiger partial charge is 0.136 e. The van der Waals surface area contributed by atoms with Gasteiger partial charge in [-0.05, 0) is 35.2 Å². The second kappa shape index (κ2) is 5.99. The van der Waals surface area contributed by atoms with E-state index in [9.17, 15) is 0 Å². The Morgan fingerprint density at radius 2 is 2.14 bits per heavy atom. The Kier molecular flexibility index (Phi) is 3.89. The molecule has 3 heteroatoms. The highest BCUT2D eigenvalue weighted by atomic mass is 16.5. The number of benzene rings is 2. The summed E-state index contributed by atoms with van der Waals surface area (Å²) in [6.07, 6.45) is 1.16. The van der Waals surface area contributed by atoms with Crippen LogP contribution in [0.1, 0.15) is 28.2 Å². The lowest BCUT2D eigenvalue weighted by Gasteiger charge is -2.30. The Morgan fingerprint density at radius 1 is 1.29 bits per heavy atom. The number of nitrogens with one attached hydrogen (secondary N) is 1. The van der Waals surface area contributed by atoms with E-state index in [-0.39, 0.29) is 0 Å². The third-order valence-electron chi connectivity index (χ3n) is 4.07. The number of hydrogen-bond acceptors (Lipinski definition) is 3. The van der Waals surface area contributed by atoms with E-state index < -0.39 is 0 Å². The van der Waals surface area contributed by atoms with E-state index in [1.807, 2.05) is 18.2 Å². The van der Waals surface area contributed by atoms with Gasteiger partial charge in [0.1, 0.15) is 11.8 Å². The molecule has 2 aromatic carbocycles. The number of hydrogen-bond donors (Lipinski definition) is 1. The number of rotatable bonds is 5. The standard InChI is InChI=1S/C18H18N2O/c1-21-18-7-6-13(8-15(18)10-19)11-20-12-16-9-14-4-2-3-5-17(14)16/h2-8,16,20H,9,11-12H2,1H3. The van der Waals surface area contributed by atoms with E-state index in [1.54, 1.807) is 7.11 Å². The van der Waals surface area contributed by atoms with Gasteiger partial charge in [-0.15, -0.1) is 0 Å². The molecule has 3 rings (SSSR count). The lowest BCUT2D eigenvalue weighted by atomic mass is 9.77. The molecular weight excluding hydrogens is 260 g/mol. The number of methoxy groups -OCH3 is 1. The molecule has 3 nitrogen and oxygen atoms in total. The van der Waals surface area contributed by atoms with E-state index in [0.717, 1.165) is 25.1 Å². The van der Waals surface area contributed by atoms with E-state index in [1.165, 1.54) is 11.1 Å². The SMILES string of the molecule is COc1ccc(CNCC2Cc3ccccc32)cc1C#N. The molecule has 0 spiro atoms. The largest absolute Gasteiger partial charge is 0.495 e. The van der Waals surface area contributed by atoms with Gasteiger partial charge in [-0.25, -0.2) is 0 Å². The molecule has 0 saturated heterocycles. The van der Waals surface area contributed by atoms with E-state index in [4.69, 9.17) is 10.00 Å². The van der Waals surface area contributed by atoms with Crippen molar-refractivity contribution in [2.75, 3.05) is 13.7 Å².